The average Bonchev–Trinajstić information content (AvgIpc) is 3.28. The Hall–Kier alpha value is -2.35. The highest BCUT2D eigenvalue weighted by Gasteiger charge is 2.46. The van der Waals surface area contributed by atoms with Gasteiger partial charge in [-0.2, -0.15) is 5.10 Å². The summed E-state index contributed by atoms with van der Waals surface area (Å²) in [5.74, 6) is -3.56. The number of thiophene rings is 1. The van der Waals surface area contributed by atoms with Gasteiger partial charge in [-0.25, -0.2) is 18.3 Å². The number of nitrogens with zero attached hydrogens (tertiary/aromatic N) is 3. The third-order valence-electron chi connectivity index (χ3n) is 5.39. The Morgan fingerprint density at radius 1 is 1.46 bits per heavy atom. The largest absolute Gasteiger partial charge is 0.342 e. The van der Waals surface area contributed by atoms with Gasteiger partial charge in [0, 0.05) is 23.1 Å². The van der Waals surface area contributed by atoms with Crippen LogP contribution >= 0.6 is 11.3 Å². The maximum atomic E-state index is 14.3. The van der Waals surface area contributed by atoms with Crippen molar-refractivity contribution in [2.75, 3.05) is 0 Å². The van der Waals surface area contributed by atoms with Gasteiger partial charge < -0.3 is 5.32 Å². The zero-order valence-corrected chi connectivity index (χ0v) is 16.6. The van der Waals surface area contributed by atoms with Gasteiger partial charge in [0.05, 0.1) is 22.8 Å². The van der Waals surface area contributed by atoms with Crippen LogP contribution in [0.5, 0.6) is 0 Å². The first-order valence-corrected chi connectivity index (χ1v) is 10.3. The summed E-state index contributed by atoms with van der Waals surface area (Å²) in [7, 11) is 0. The van der Waals surface area contributed by atoms with Crippen molar-refractivity contribution in [2.24, 2.45) is 5.92 Å². The predicted octanol–water partition coefficient (Wildman–Crippen LogP) is 4.57. The summed E-state index contributed by atoms with van der Waals surface area (Å²) in [6.07, 6.45) is 5.14. The summed E-state index contributed by atoms with van der Waals surface area (Å²) in [4.78, 5) is 18.6. The Labute approximate surface area is 165 Å². The van der Waals surface area contributed by atoms with Crippen molar-refractivity contribution in [3.05, 3.63) is 40.3 Å². The van der Waals surface area contributed by atoms with Gasteiger partial charge >= 0.3 is 0 Å². The molecule has 1 N–H and O–H groups in total. The van der Waals surface area contributed by atoms with E-state index in [-0.39, 0.29) is 12.3 Å². The molecule has 0 saturated heterocycles. The lowest BCUT2D eigenvalue weighted by Crippen LogP contribution is -2.53. The molecule has 0 radical (unpaired) electrons. The minimum absolute atomic E-state index is 0.175. The van der Waals surface area contributed by atoms with Gasteiger partial charge in [0.1, 0.15) is 0 Å². The Kier molecular flexibility index (Phi) is 4.91. The lowest BCUT2D eigenvalue weighted by atomic mass is 9.83. The number of hydrogen-bond donors (Lipinski definition) is 1. The van der Waals surface area contributed by atoms with Crippen molar-refractivity contribution in [1.29, 1.82) is 0 Å². The predicted molar refractivity (Wildman–Crippen MR) is 105 cm³/mol. The molecule has 2 atom stereocenters. The average molecular weight is 404 g/mol. The van der Waals surface area contributed by atoms with Crippen LogP contribution in [0.25, 0.3) is 16.9 Å². The number of halogens is 2. The molecule has 5 nitrogen and oxygen atoms in total. The lowest BCUT2D eigenvalue weighted by molar-refractivity contribution is -0.0784. The van der Waals surface area contributed by atoms with E-state index < -0.39 is 17.9 Å². The van der Waals surface area contributed by atoms with Crippen LogP contribution in [0.15, 0.2) is 30.6 Å². The van der Waals surface area contributed by atoms with Gasteiger partial charge in [-0.05, 0) is 43.4 Å². The summed E-state index contributed by atoms with van der Waals surface area (Å²) in [6, 6.07) is 4.31. The van der Waals surface area contributed by atoms with Crippen LogP contribution in [0.1, 0.15) is 47.7 Å². The first-order chi connectivity index (χ1) is 13.4. The minimum Gasteiger partial charge on any atom is -0.342 e. The lowest BCUT2D eigenvalue weighted by Gasteiger charge is -2.36. The molecule has 1 aliphatic carbocycles. The van der Waals surface area contributed by atoms with Crippen LogP contribution < -0.4 is 5.32 Å². The second kappa shape index (κ2) is 7.24. The van der Waals surface area contributed by atoms with Gasteiger partial charge in [-0.15, -0.1) is 11.3 Å². The van der Waals surface area contributed by atoms with Gasteiger partial charge in [0.15, 0.2) is 5.65 Å². The topological polar surface area (TPSA) is 59.3 Å². The number of carbonyl (C=O) groups excluding carboxylic acids is 1. The van der Waals surface area contributed by atoms with Gasteiger partial charge in [-0.1, -0.05) is 13.8 Å². The van der Waals surface area contributed by atoms with E-state index in [0.29, 0.717) is 23.4 Å². The van der Waals surface area contributed by atoms with E-state index in [2.05, 4.69) is 15.4 Å². The summed E-state index contributed by atoms with van der Waals surface area (Å²) in [5, 5.41) is 6.93. The van der Waals surface area contributed by atoms with Crippen LogP contribution in [-0.4, -0.2) is 32.5 Å². The number of aryl methyl sites for hydroxylation is 1. The molecule has 8 heteroatoms. The maximum absolute atomic E-state index is 14.3. The molecule has 0 aromatic carbocycles. The molecule has 1 unspecified atom stereocenters. The molecular weight excluding hydrogens is 382 g/mol. The van der Waals surface area contributed by atoms with Gasteiger partial charge in [0.25, 0.3) is 11.8 Å². The van der Waals surface area contributed by atoms with Crippen molar-refractivity contribution >= 4 is 22.9 Å². The molecule has 0 spiro atoms. The molecule has 0 aliphatic heterocycles. The molecule has 1 fully saturated rings. The number of aromatic nitrogens is 3. The second-order valence-electron chi connectivity index (χ2n) is 7.32. The summed E-state index contributed by atoms with van der Waals surface area (Å²) >= 11 is 1.34. The third-order valence-corrected chi connectivity index (χ3v) is 6.67. The van der Waals surface area contributed by atoms with Crippen molar-refractivity contribution in [2.45, 2.75) is 51.5 Å². The monoisotopic (exact) mass is 404 g/mol. The first-order valence-electron chi connectivity index (χ1n) is 9.51. The molecule has 1 saturated carbocycles. The highest BCUT2D eigenvalue weighted by atomic mass is 32.1. The van der Waals surface area contributed by atoms with Crippen molar-refractivity contribution in [1.82, 2.24) is 19.9 Å². The highest BCUT2D eigenvalue weighted by molar-refractivity contribution is 7.14. The van der Waals surface area contributed by atoms with Crippen LogP contribution in [0.3, 0.4) is 0 Å². The number of nitrogens with one attached hydrogen (secondary N) is 1. The first kappa shape index (κ1) is 19.0. The van der Waals surface area contributed by atoms with E-state index in [1.807, 2.05) is 19.1 Å². The summed E-state index contributed by atoms with van der Waals surface area (Å²) in [6.45, 7) is 3.78. The SMILES string of the molecule is CCc1sc(C(=O)NC2[C@@H](C)CCCC2(F)F)cc1-c1cnc2cccnn12. The number of fused-ring (bicyclic) bond motifs is 1. The van der Waals surface area contributed by atoms with E-state index >= 15 is 0 Å². The van der Waals surface area contributed by atoms with Crippen LogP contribution in [0.2, 0.25) is 0 Å². The van der Waals surface area contributed by atoms with Gasteiger partial charge in [0.2, 0.25) is 0 Å². The van der Waals surface area contributed by atoms with E-state index in [4.69, 9.17) is 0 Å². The fourth-order valence-electron chi connectivity index (χ4n) is 3.89. The molecule has 148 valence electrons. The molecule has 1 aliphatic rings. The molecular formula is C20H22F2N4OS. The third kappa shape index (κ3) is 3.30. The molecule has 28 heavy (non-hydrogen) atoms. The Morgan fingerprint density at radius 2 is 2.29 bits per heavy atom. The summed E-state index contributed by atoms with van der Waals surface area (Å²) < 4.78 is 30.3. The standard InChI is InChI=1S/C20H22F2N4OS/c1-3-15-13(14-11-23-17-7-5-9-24-26(14)17)10-16(28-15)19(27)25-18-12(2)6-4-8-20(18,21)22/h5,7,9-12,18H,3-4,6,8H2,1-2H3,(H,25,27)/t12-,18?/m0/s1. The molecule has 0 bridgehead atoms. The minimum atomic E-state index is -2.87. The normalized spacial score (nSPS) is 21.7. The molecule has 4 rings (SSSR count). The molecule has 3 aromatic heterocycles. The maximum Gasteiger partial charge on any atom is 0.268 e. The van der Waals surface area contributed by atoms with Crippen molar-refractivity contribution in [3.8, 4) is 11.3 Å². The number of amides is 1. The van der Waals surface area contributed by atoms with Crippen LogP contribution in [0, 0.1) is 5.92 Å². The zero-order chi connectivity index (χ0) is 19.9. The van der Waals surface area contributed by atoms with Gasteiger partial charge in [-0.3, -0.25) is 4.79 Å². The zero-order valence-electron chi connectivity index (χ0n) is 15.8. The Bertz CT molecular complexity index is 1010. The van der Waals surface area contributed by atoms with E-state index in [1.165, 1.54) is 11.3 Å². The number of alkyl halides is 2. The van der Waals surface area contributed by atoms with Crippen LogP contribution in [0.4, 0.5) is 8.78 Å². The number of rotatable bonds is 4. The Balaban J connectivity index is 1.65. The van der Waals surface area contributed by atoms with Crippen molar-refractivity contribution < 1.29 is 13.6 Å². The quantitative estimate of drug-likeness (QED) is 0.693. The second-order valence-corrected chi connectivity index (χ2v) is 8.46. The fourth-order valence-corrected chi connectivity index (χ4v) is 4.90. The molecule has 3 aromatic rings. The van der Waals surface area contributed by atoms with E-state index in [9.17, 15) is 13.6 Å². The van der Waals surface area contributed by atoms with E-state index in [1.54, 1.807) is 29.9 Å². The molecule has 1 amide bonds. The number of carbonyl (C=O) groups is 1. The van der Waals surface area contributed by atoms with E-state index in [0.717, 1.165) is 22.6 Å². The summed E-state index contributed by atoms with van der Waals surface area (Å²) in [5.41, 5.74) is 2.37. The molecule has 3 heterocycles. The van der Waals surface area contributed by atoms with Crippen LogP contribution in [-0.2, 0) is 6.42 Å². The number of hydrogen-bond acceptors (Lipinski definition) is 4. The number of imidazole rings is 1. The Morgan fingerprint density at radius 3 is 3.04 bits per heavy atom. The van der Waals surface area contributed by atoms with Crippen molar-refractivity contribution in [3.63, 3.8) is 0 Å². The highest BCUT2D eigenvalue weighted by Crippen LogP contribution is 2.38. The fraction of sp³-hybridized carbons (Fsp3) is 0.450. The smallest absolute Gasteiger partial charge is 0.268 e.